The number of pyridine rings is 1. The second-order valence-corrected chi connectivity index (χ2v) is 6.98. The van der Waals surface area contributed by atoms with Gasteiger partial charge in [-0.2, -0.15) is 5.10 Å². The van der Waals surface area contributed by atoms with Crippen LogP contribution in [0.3, 0.4) is 0 Å². The average molecular weight is 376 g/mol. The van der Waals surface area contributed by atoms with Crippen LogP contribution >= 0.6 is 0 Å². The topological polar surface area (TPSA) is 66.3 Å². The Morgan fingerprint density at radius 1 is 1.04 bits per heavy atom. The van der Waals surface area contributed by atoms with Gasteiger partial charge >= 0.3 is 0 Å². The standard InChI is InChI=1S/C21H24N6O/c1-25-11-13-26(14-12-25)20-15-18(7-9-22-20)24-21(28)16-27-19(8-10-23-27)17-5-3-2-4-6-17/h2-10,15H,11-14,16H2,1H3,(H,22,24,28). The quantitative estimate of drug-likeness (QED) is 0.740. The van der Waals surface area contributed by atoms with Crippen molar-refractivity contribution < 1.29 is 4.79 Å². The minimum atomic E-state index is -0.114. The highest BCUT2D eigenvalue weighted by Crippen LogP contribution is 2.20. The summed E-state index contributed by atoms with van der Waals surface area (Å²) in [5.41, 5.74) is 2.71. The number of hydrogen-bond donors (Lipinski definition) is 1. The second-order valence-electron chi connectivity index (χ2n) is 6.98. The van der Waals surface area contributed by atoms with E-state index in [1.165, 1.54) is 0 Å². The number of likely N-dealkylation sites (N-methyl/N-ethyl adjacent to an activating group) is 1. The maximum atomic E-state index is 12.6. The molecule has 1 aromatic carbocycles. The van der Waals surface area contributed by atoms with E-state index in [0.29, 0.717) is 0 Å². The Balaban J connectivity index is 1.42. The molecule has 0 saturated carbocycles. The Morgan fingerprint density at radius 2 is 1.82 bits per heavy atom. The maximum absolute atomic E-state index is 12.6. The number of hydrogen-bond acceptors (Lipinski definition) is 5. The van der Waals surface area contributed by atoms with E-state index < -0.39 is 0 Å². The summed E-state index contributed by atoms with van der Waals surface area (Å²) in [5.74, 6) is 0.784. The maximum Gasteiger partial charge on any atom is 0.246 e. The lowest BCUT2D eigenvalue weighted by Crippen LogP contribution is -2.44. The highest BCUT2D eigenvalue weighted by atomic mass is 16.2. The minimum Gasteiger partial charge on any atom is -0.354 e. The molecule has 1 N–H and O–H groups in total. The van der Waals surface area contributed by atoms with Crippen LogP contribution in [0, 0.1) is 0 Å². The molecule has 7 nitrogen and oxygen atoms in total. The molecule has 0 unspecified atom stereocenters. The van der Waals surface area contributed by atoms with Crippen molar-refractivity contribution in [3.63, 3.8) is 0 Å². The number of carbonyl (C=O) groups excluding carboxylic acids is 1. The van der Waals surface area contributed by atoms with Crippen molar-refractivity contribution in [3.05, 3.63) is 60.9 Å². The summed E-state index contributed by atoms with van der Waals surface area (Å²) in [6.45, 7) is 4.06. The van der Waals surface area contributed by atoms with Crippen molar-refractivity contribution in [2.24, 2.45) is 0 Å². The Bertz CT molecular complexity index is 931. The van der Waals surface area contributed by atoms with Gasteiger partial charge in [0.15, 0.2) is 0 Å². The molecule has 1 saturated heterocycles. The van der Waals surface area contributed by atoms with Gasteiger partial charge in [-0.1, -0.05) is 30.3 Å². The van der Waals surface area contributed by atoms with Crippen molar-refractivity contribution in [2.45, 2.75) is 6.54 Å². The predicted molar refractivity (Wildman–Crippen MR) is 110 cm³/mol. The summed E-state index contributed by atoms with van der Waals surface area (Å²) in [7, 11) is 2.13. The smallest absolute Gasteiger partial charge is 0.246 e. The molecule has 7 heteroatoms. The van der Waals surface area contributed by atoms with Crippen molar-refractivity contribution in [2.75, 3.05) is 43.4 Å². The first-order chi connectivity index (χ1) is 13.7. The molecule has 0 bridgehead atoms. The SMILES string of the molecule is CN1CCN(c2cc(NC(=O)Cn3nccc3-c3ccccc3)ccn2)CC1. The molecule has 2 aromatic heterocycles. The third-order valence-corrected chi connectivity index (χ3v) is 4.94. The summed E-state index contributed by atoms with van der Waals surface area (Å²) in [4.78, 5) is 21.6. The Kier molecular flexibility index (Phi) is 5.34. The minimum absolute atomic E-state index is 0.114. The van der Waals surface area contributed by atoms with Crippen LogP contribution in [-0.4, -0.2) is 58.8 Å². The molecule has 0 aliphatic carbocycles. The van der Waals surface area contributed by atoms with Crippen molar-refractivity contribution in [3.8, 4) is 11.3 Å². The number of carbonyl (C=O) groups is 1. The molecule has 0 radical (unpaired) electrons. The molecule has 0 atom stereocenters. The molecule has 3 heterocycles. The van der Waals surface area contributed by atoms with E-state index in [1.54, 1.807) is 17.1 Å². The zero-order chi connectivity index (χ0) is 19.3. The van der Waals surface area contributed by atoms with Gasteiger partial charge in [0.2, 0.25) is 5.91 Å². The number of nitrogens with one attached hydrogen (secondary N) is 1. The Hall–Kier alpha value is -3.19. The summed E-state index contributed by atoms with van der Waals surface area (Å²) < 4.78 is 1.72. The molecule has 28 heavy (non-hydrogen) atoms. The number of rotatable bonds is 5. The fourth-order valence-corrected chi connectivity index (χ4v) is 3.35. The number of aromatic nitrogens is 3. The van der Waals surface area contributed by atoms with E-state index in [-0.39, 0.29) is 12.5 Å². The van der Waals surface area contributed by atoms with Gasteiger partial charge in [-0.05, 0) is 24.7 Å². The molecule has 3 aromatic rings. The normalized spacial score (nSPS) is 14.8. The van der Waals surface area contributed by atoms with E-state index in [0.717, 1.165) is 48.9 Å². The largest absolute Gasteiger partial charge is 0.354 e. The van der Waals surface area contributed by atoms with Crippen LogP contribution in [0.15, 0.2) is 60.9 Å². The fraction of sp³-hybridized carbons (Fsp3) is 0.286. The van der Waals surface area contributed by atoms with E-state index in [1.807, 2.05) is 48.5 Å². The first kappa shape index (κ1) is 18.2. The van der Waals surface area contributed by atoms with Gasteiger partial charge in [0.1, 0.15) is 12.4 Å². The van der Waals surface area contributed by atoms with E-state index in [2.05, 4.69) is 32.2 Å². The van der Waals surface area contributed by atoms with Crippen molar-refractivity contribution in [1.29, 1.82) is 0 Å². The van der Waals surface area contributed by atoms with Gasteiger partial charge in [0.25, 0.3) is 0 Å². The van der Waals surface area contributed by atoms with Crippen molar-refractivity contribution >= 4 is 17.4 Å². The zero-order valence-corrected chi connectivity index (χ0v) is 16.0. The van der Waals surface area contributed by atoms with Gasteiger partial charge < -0.3 is 15.1 Å². The monoisotopic (exact) mass is 376 g/mol. The summed E-state index contributed by atoms with van der Waals surface area (Å²) in [6.07, 6.45) is 3.46. The van der Waals surface area contributed by atoms with Crippen LogP contribution in [0.4, 0.5) is 11.5 Å². The average Bonchev–Trinajstić information content (AvgIpc) is 3.17. The van der Waals surface area contributed by atoms with Crippen LogP contribution in [0.25, 0.3) is 11.3 Å². The van der Waals surface area contributed by atoms with Crippen molar-refractivity contribution in [1.82, 2.24) is 19.7 Å². The Morgan fingerprint density at radius 3 is 2.61 bits per heavy atom. The number of amides is 1. The van der Waals surface area contributed by atoms with E-state index >= 15 is 0 Å². The summed E-state index contributed by atoms with van der Waals surface area (Å²) >= 11 is 0. The molecular weight excluding hydrogens is 352 g/mol. The molecule has 0 spiro atoms. The van der Waals surface area contributed by atoms with Crippen LogP contribution in [0.2, 0.25) is 0 Å². The molecule has 1 amide bonds. The fourth-order valence-electron chi connectivity index (χ4n) is 3.35. The third-order valence-electron chi connectivity index (χ3n) is 4.94. The molecule has 1 aliphatic heterocycles. The first-order valence-electron chi connectivity index (χ1n) is 9.46. The third kappa shape index (κ3) is 4.20. The number of piperazine rings is 1. The second kappa shape index (κ2) is 8.22. The summed E-state index contributed by atoms with van der Waals surface area (Å²) in [6, 6.07) is 15.6. The van der Waals surface area contributed by atoms with Gasteiger partial charge in [-0.3, -0.25) is 9.48 Å². The van der Waals surface area contributed by atoms with Gasteiger partial charge in [-0.15, -0.1) is 0 Å². The highest BCUT2D eigenvalue weighted by Gasteiger charge is 2.16. The van der Waals surface area contributed by atoms with E-state index in [4.69, 9.17) is 0 Å². The molecule has 1 fully saturated rings. The highest BCUT2D eigenvalue weighted by molar-refractivity contribution is 5.91. The number of benzene rings is 1. The van der Waals surface area contributed by atoms with Crippen LogP contribution in [0.1, 0.15) is 0 Å². The molecule has 4 rings (SSSR count). The number of anilines is 2. The van der Waals surface area contributed by atoms with Crippen LogP contribution in [0.5, 0.6) is 0 Å². The van der Waals surface area contributed by atoms with E-state index in [9.17, 15) is 4.79 Å². The molecule has 1 aliphatic rings. The lowest BCUT2D eigenvalue weighted by Gasteiger charge is -2.33. The van der Waals surface area contributed by atoms with Gasteiger partial charge in [0, 0.05) is 50.3 Å². The van der Waals surface area contributed by atoms with Gasteiger partial charge in [-0.25, -0.2) is 4.98 Å². The lowest BCUT2D eigenvalue weighted by molar-refractivity contribution is -0.116. The Labute approximate surface area is 164 Å². The lowest BCUT2D eigenvalue weighted by atomic mass is 10.1. The molecule has 144 valence electrons. The molecular formula is C21H24N6O. The number of nitrogens with zero attached hydrogens (tertiary/aromatic N) is 5. The van der Waals surface area contributed by atoms with Crippen LogP contribution < -0.4 is 10.2 Å². The zero-order valence-electron chi connectivity index (χ0n) is 16.0. The van der Waals surface area contributed by atoms with Crippen LogP contribution in [-0.2, 0) is 11.3 Å². The first-order valence-corrected chi connectivity index (χ1v) is 9.46. The van der Waals surface area contributed by atoms with Gasteiger partial charge in [0.05, 0.1) is 5.69 Å². The summed E-state index contributed by atoms with van der Waals surface area (Å²) in [5, 5.41) is 7.27. The predicted octanol–water partition coefficient (Wildman–Crippen LogP) is 2.34.